The molecule has 1 fully saturated rings. The Morgan fingerprint density at radius 2 is 1.83 bits per heavy atom. The van der Waals surface area contributed by atoms with E-state index in [1.54, 1.807) is 25.3 Å². The number of anilines is 3. The lowest BCUT2D eigenvalue weighted by molar-refractivity contribution is 0.0939. The molecule has 0 saturated carbocycles. The first-order valence-corrected chi connectivity index (χ1v) is 10.4. The molecule has 7 nitrogen and oxygen atoms in total. The number of ether oxygens (including phenoxy) is 1. The van der Waals surface area contributed by atoms with Crippen LogP contribution < -0.4 is 25.6 Å². The molecule has 1 heterocycles. The van der Waals surface area contributed by atoms with E-state index >= 15 is 0 Å². The highest BCUT2D eigenvalue weighted by Gasteiger charge is 2.21. The molecule has 1 saturated heterocycles. The number of para-hydroxylation sites is 2. The van der Waals surface area contributed by atoms with Gasteiger partial charge in [0.25, 0.3) is 5.91 Å². The average Bonchev–Trinajstić information content (AvgIpc) is 3.28. The lowest BCUT2D eigenvalue weighted by Gasteiger charge is -2.23. The van der Waals surface area contributed by atoms with Crippen LogP contribution in [0.2, 0.25) is 0 Å². The number of carbonyl (C=O) groups is 2. The Morgan fingerprint density at radius 1 is 1.10 bits per heavy atom. The molecule has 1 aliphatic rings. The van der Waals surface area contributed by atoms with E-state index in [-0.39, 0.29) is 11.9 Å². The smallest absolute Gasteiger partial charge is 0.323 e. The normalized spacial score (nSPS) is 14.2. The largest absolute Gasteiger partial charge is 0.495 e. The Bertz CT molecular complexity index is 894. The summed E-state index contributed by atoms with van der Waals surface area (Å²) in [6.07, 6.45) is 3.09. The summed E-state index contributed by atoms with van der Waals surface area (Å²) in [5, 5.41) is 8.64. The van der Waals surface area contributed by atoms with E-state index in [1.807, 2.05) is 38.1 Å². The second kappa shape index (κ2) is 10.0. The monoisotopic (exact) mass is 410 g/mol. The van der Waals surface area contributed by atoms with Crippen LogP contribution >= 0.6 is 0 Å². The maximum Gasteiger partial charge on any atom is 0.323 e. The summed E-state index contributed by atoms with van der Waals surface area (Å²) in [7, 11) is 1.55. The molecule has 0 radical (unpaired) electrons. The molecule has 3 amide bonds. The van der Waals surface area contributed by atoms with Crippen molar-refractivity contribution in [3.63, 3.8) is 0 Å². The average molecular weight is 411 g/mol. The predicted molar refractivity (Wildman–Crippen MR) is 121 cm³/mol. The van der Waals surface area contributed by atoms with Crippen molar-refractivity contribution in [1.29, 1.82) is 0 Å². The van der Waals surface area contributed by atoms with Crippen molar-refractivity contribution in [3.05, 3.63) is 48.0 Å². The first kappa shape index (κ1) is 21.5. The van der Waals surface area contributed by atoms with Crippen LogP contribution in [0.15, 0.2) is 42.5 Å². The zero-order valence-corrected chi connectivity index (χ0v) is 17.8. The van der Waals surface area contributed by atoms with Gasteiger partial charge in [0, 0.05) is 30.5 Å². The Labute approximate surface area is 177 Å². The molecule has 3 N–H and O–H groups in total. The van der Waals surface area contributed by atoms with Gasteiger partial charge in [-0.25, -0.2) is 4.79 Å². The van der Waals surface area contributed by atoms with E-state index in [9.17, 15) is 9.59 Å². The zero-order valence-electron chi connectivity index (χ0n) is 17.8. The van der Waals surface area contributed by atoms with E-state index < -0.39 is 6.03 Å². The topological polar surface area (TPSA) is 82.7 Å². The summed E-state index contributed by atoms with van der Waals surface area (Å²) < 4.78 is 5.27. The van der Waals surface area contributed by atoms with E-state index in [4.69, 9.17) is 4.74 Å². The number of nitrogens with one attached hydrogen (secondary N) is 3. The lowest BCUT2D eigenvalue weighted by atomic mass is 10.1. The molecule has 1 unspecified atom stereocenters. The van der Waals surface area contributed by atoms with Crippen molar-refractivity contribution in [2.75, 3.05) is 35.7 Å². The zero-order chi connectivity index (χ0) is 21.5. The second-order valence-corrected chi connectivity index (χ2v) is 7.49. The molecule has 0 aliphatic carbocycles. The van der Waals surface area contributed by atoms with Crippen molar-refractivity contribution >= 4 is 29.0 Å². The Balaban J connectivity index is 1.80. The summed E-state index contributed by atoms with van der Waals surface area (Å²) in [5.41, 5.74) is 2.61. The molecule has 30 heavy (non-hydrogen) atoms. The minimum Gasteiger partial charge on any atom is -0.495 e. The minimum absolute atomic E-state index is 0.0781. The summed E-state index contributed by atoms with van der Waals surface area (Å²) in [6.45, 7) is 5.89. The third-order valence-corrected chi connectivity index (χ3v) is 5.29. The Morgan fingerprint density at radius 3 is 2.53 bits per heavy atom. The van der Waals surface area contributed by atoms with Gasteiger partial charge in [0.2, 0.25) is 0 Å². The first-order chi connectivity index (χ1) is 14.5. The molecule has 0 spiro atoms. The van der Waals surface area contributed by atoms with Crippen LogP contribution in [0.25, 0.3) is 0 Å². The quantitative estimate of drug-likeness (QED) is 0.629. The number of hydrogen-bond acceptors (Lipinski definition) is 4. The maximum absolute atomic E-state index is 12.9. The number of methoxy groups -OCH3 is 1. The Kier molecular flexibility index (Phi) is 7.17. The SMILES string of the molecule is CCC(C)NC(=O)c1cc(NC(=O)Nc2ccccc2OC)ccc1N1CCCC1. The van der Waals surface area contributed by atoms with Crippen LogP contribution in [0.5, 0.6) is 5.75 Å². The van der Waals surface area contributed by atoms with Crippen molar-refractivity contribution in [2.45, 2.75) is 39.2 Å². The van der Waals surface area contributed by atoms with Gasteiger partial charge < -0.3 is 25.6 Å². The van der Waals surface area contributed by atoms with Gasteiger partial charge in [0.05, 0.1) is 18.4 Å². The van der Waals surface area contributed by atoms with Crippen molar-refractivity contribution < 1.29 is 14.3 Å². The van der Waals surface area contributed by atoms with Crippen LogP contribution in [0, 0.1) is 0 Å². The van der Waals surface area contributed by atoms with Gasteiger partial charge in [-0.05, 0) is 56.5 Å². The fourth-order valence-electron chi connectivity index (χ4n) is 3.47. The highest BCUT2D eigenvalue weighted by Crippen LogP contribution is 2.28. The molecule has 7 heteroatoms. The molecule has 160 valence electrons. The van der Waals surface area contributed by atoms with E-state index in [0.717, 1.165) is 38.0 Å². The van der Waals surface area contributed by atoms with E-state index in [1.165, 1.54) is 0 Å². The highest BCUT2D eigenvalue weighted by molar-refractivity contribution is 6.04. The number of urea groups is 1. The first-order valence-electron chi connectivity index (χ1n) is 10.4. The standard InChI is InChI=1S/C23H30N4O3/c1-4-16(2)24-22(28)18-15-17(11-12-20(18)27-13-7-8-14-27)25-23(29)26-19-9-5-6-10-21(19)30-3/h5-6,9-12,15-16H,4,7-8,13-14H2,1-3H3,(H,24,28)(H2,25,26,29). The van der Waals surface area contributed by atoms with Crippen LogP contribution in [-0.4, -0.2) is 38.2 Å². The van der Waals surface area contributed by atoms with E-state index in [2.05, 4.69) is 20.9 Å². The summed E-state index contributed by atoms with van der Waals surface area (Å²) >= 11 is 0. The van der Waals surface area contributed by atoms with Gasteiger partial charge in [-0.2, -0.15) is 0 Å². The molecule has 0 bridgehead atoms. The van der Waals surface area contributed by atoms with Gasteiger partial charge in [-0.15, -0.1) is 0 Å². The summed E-state index contributed by atoms with van der Waals surface area (Å²) in [5.74, 6) is 0.450. The lowest BCUT2D eigenvalue weighted by Crippen LogP contribution is -2.33. The fraction of sp³-hybridized carbons (Fsp3) is 0.391. The van der Waals surface area contributed by atoms with Gasteiger partial charge >= 0.3 is 6.03 Å². The molecule has 3 rings (SSSR count). The van der Waals surface area contributed by atoms with Crippen LogP contribution in [-0.2, 0) is 0 Å². The fourth-order valence-corrected chi connectivity index (χ4v) is 3.47. The van der Waals surface area contributed by atoms with Crippen molar-refractivity contribution in [3.8, 4) is 5.75 Å². The van der Waals surface area contributed by atoms with Crippen molar-refractivity contribution in [1.82, 2.24) is 5.32 Å². The predicted octanol–water partition coefficient (Wildman–Crippen LogP) is 4.47. The van der Waals surface area contributed by atoms with E-state index in [0.29, 0.717) is 22.7 Å². The number of nitrogens with zero attached hydrogens (tertiary/aromatic N) is 1. The van der Waals surface area contributed by atoms with Gasteiger partial charge in [0.1, 0.15) is 5.75 Å². The number of rotatable bonds is 7. The van der Waals surface area contributed by atoms with Crippen LogP contribution in [0.4, 0.5) is 21.9 Å². The second-order valence-electron chi connectivity index (χ2n) is 7.49. The third-order valence-electron chi connectivity index (χ3n) is 5.29. The Hall–Kier alpha value is -3.22. The third kappa shape index (κ3) is 5.23. The summed E-state index contributed by atoms with van der Waals surface area (Å²) in [4.78, 5) is 27.7. The number of hydrogen-bond donors (Lipinski definition) is 3. The van der Waals surface area contributed by atoms with Gasteiger partial charge in [-0.1, -0.05) is 19.1 Å². The number of carbonyl (C=O) groups excluding carboxylic acids is 2. The molecule has 1 aliphatic heterocycles. The summed E-state index contributed by atoms with van der Waals surface area (Å²) in [6, 6.07) is 12.4. The van der Waals surface area contributed by atoms with Crippen molar-refractivity contribution in [2.24, 2.45) is 0 Å². The molecule has 0 aromatic heterocycles. The van der Waals surface area contributed by atoms with Gasteiger partial charge in [0.15, 0.2) is 0 Å². The molecule has 1 atom stereocenters. The minimum atomic E-state index is -0.401. The van der Waals surface area contributed by atoms with Crippen LogP contribution in [0.3, 0.4) is 0 Å². The molecular formula is C23H30N4O3. The number of amides is 3. The number of benzene rings is 2. The molecular weight excluding hydrogens is 380 g/mol. The van der Waals surface area contributed by atoms with Crippen LogP contribution in [0.1, 0.15) is 43.5 Å². The molecule has 2 aromatic rings. The maximum atomic E-state index is 12.9. The molecule has 2 aromatic carbocycles. The van der Waals surface area contributed by atoms with Gasteiger partial charge in [-0.3, -0.25) is 4.79 Å². The highest BCUT2D eigenvalue weighted by atomic mass is 16.5.